The highest BCUT2D eigenvalue weighted by Gasteiger charge is 2.17. The molecule has 3 aromatic heterocycles. The summed E-state index contributed by atoms with van der Waals surface area (Å²) in [5.74, 6) is 0.365. The first-order valence-electron chi connectivity index (χ1n) is 7.65. The summed E-state index contributed by atoms with van der Waals surface area (Å²) in [4.78, 5) is 20.9. The minimum Gasteiger partial charge on any atom is -0.479 e. The van der Waals surface area contributed by atoms with Gasteiger partial charge in [0, 0.05) is 18.9 Å². The minimum atomic E-state index is -0.344. The van der Waals surface area contributed by atoms with E-state index in [0.29, 0.717) is 17.2 Å². The zero-order valence-corrected chi connectivity index (χ0v) is 14.7. The largest absolute Gasteiger partial charge is 0.479 e. The number of aryl methyl sites for hydroxylation is 2. The number of aromatic nitrogens is 6. The molecule has 3 heterocycles. The molecule has 0 bridgehead atoms. The van der Waals surface area contributed by atoms with E-state index in [9.17, 15) is 4.79 Å². The van der Waals surface area contributed by atoms with E-state index >= 15 is 0 Å². The molecule has 130 valence electrons. The average Bonchev–Trinajstić information content (AvgIpc) is 3.10. The fraction of sp³-hybridized carbons (Fsp3) is 0.312. The van der Waals surface area contributed by atoms with Crippen LogP contribution in [0.15, 0.2) is 18.6 Å². The zero-order chi connectivity index (χ0) is 18.1. The van der Waals surface area contributed by atoms with E-state index < -0.39 is 0 Å². The molecule has 0 aliphatic heterocycles. The van der Waals surface area contributed by atoms with Gasteiger partial charge in [-0.3, -0.25) is 9.48 Å². The van der Waals surface area contributed by atoms with Gasteiger partial charge in [0.2, 0.25) is 5.88 Å². The van der Waals surface area contributed by atoms with Crippen molar-refractivity contribution in [3.8, 4) is 11.8 Å². The number of carbonyl (C=O) groups excluding carboxylic acids is 1. The van der Waals surface area contributed by atoms with Gasteiger partial charge in [-0.05, 0) is 26.3 Å². The normalized spacial score (nSPS) is 10.8. The van der Waals surface area contributed by atoms with E-state index in [4.69, 9.17) is 4.74 Å². The molecule has 0 aromatic carbocycles. The summed E-state index contributed by atoms with van der Waals surface area (Å²) in [6, 6.07) is 0. The standard InChI is InChI=1S/C16H19N7O2/c1-9-10(2)20-23(11(9)3)16-17-6-12(7-18-16)19-14(24)13-8-22(4)21-15(13)25-5/h6-8H,1-5H3,(H,19,24). The molecule has 0 aliphatic carbocycles. The van der Waals surface area contributed by atoms with Crippen molar-refractivity contribution in [2.75, 3.05) is 12.4 Å². The number of methoxy groups -OCH3 is 1. The summed E-state index contributed by atoms with van der Waals surface area (Å²) in [7, 11) is 3.18. The van der Waals surface area contributed by atoms with Gasteiger partial charge in [0.15, 0.2) is 0 Å². The van der Waals surface area contributed by atoms with Gasteiger partial charge >= 0.3 is 0 Å². The number of carbonyl (C=O) groups is 1. The van der Waals surface area contributed by atoms with Crippen LogP contribution >= 0.6 is 0 Å². The Balaban J connectivity index is 1.81. The molecule has 1 amide bonds. The van der Waals surface area contributed by atoms with Crippen molar-refractivity contribution in [2.24, 2.45) is 7.05 Å². The van der Waals surface area contributed by atoms with Crippen molar-refractivity contribution in [3.63, 3.8) is 0 Å². The van der Waals surface area contributed by atoms with E-state index in [0.717, 1.165) is 17.0 Å². The van der Waals surface area contributed by atoms with E-state index in [1.54, 1.807) is 17.9 Å². The molecule has 3 rings (SSSR count). The predicted octanol–water partition coefficient (Wildman–Crippen LogP) is 1.58. The second-order valence-electron chi connectivity index (χ2n) is 5.66. The Hall–Kier alpha value is -3.23. The third-order valence-corrected chi connectivity index (χ3v) is 3.97. The molecule has 3 aromatic rings. The minimum absolute atomic E-state index is 0.260. The van der Waals surface area contributed by atoms with Crippen LogP contribution in [-0.4, -0.2) is 42.5 Å². The zero-order valence-electron chi connectivity index (χ0n) is 14.7. The monoisotopic (exact) mass is 341 g/mol. The number of rotatable bonds is 4. The lowest BCUT2D eigenvalue weighted by molar-refractivity contribution is 0.102. The molecule has 25 heavy (non-hydrogen) atoms. The van der Waals surface area contributed by atoms with Gasteiger partial charge in [-0.2, -0.15) is 5.10 Å². The average molecular weight is 341 g/mol. The quantitative estimate of drug-likeness (QED) is 0.773. The Morgan fingerprint density at radius 1 is 1.16 bits per heavy atom. The molecule has 0 saturated heterocycles. The second-order valence-corrected chi connectivity index (χ2v) is 5.66. The van der Waals surface area contributed by atoms with Gasteiger partial charge in [0.1, 0.15) is 5.56 Å². The van der Waals surface area contributed by atoms with E-state index in [-0.39, 0.29) is 11.8 Å². The Kier molecular flexibility index (Phi) is 4.22. The maximum absolute atomic E-state index is 12.3. The van der Waals surface area contributed by atoms with Gasteiger partial charge in [0.05, 0.1) is 30.9 Å². The smallest absolute Gasteiger partial charge is 0.262 e. The lowest BCUT2D eigenvalue weighted by atomic mass is 10.2. The van der Waals surface area contributed by atoms with Crippen molar-refractivity contribution in [3.05, 3.63) is 41.1 Å². The first-order chi connectivity index (χ1) is 11.9. The van der Waals surface area contributed by atoms with Crippen LogP contribution in [0.25, 0.3) is 5.95 Å². The van der Waals surface area contributed by atoms with Gasteiger partial charge in [-0.25, -0.2) is 14.6 Å². The van der Waals surface area contributed by atoms with Crippen LogP contribution in [-0.2, 0) is 7.05 Å². The van der Waals surface area contributed by atoms with Gasteiger partial charge in [-0.1, -0.05) is 0 Å². The Labute approximate surface area is 144 Å². The van der Waals surface area contributed by atoms with Gasteiger partial charge < -0.3 is 10.1 Å². The number of nitrogens with zero attached hydrogens (tertiary/aromatic N) is 6. The third-order valence-electron chi connectivity index (χ3n) is 3.97. The summed E-state index contributed by atoms with van der Waals surface area (Å²) < 4.78 is 8.29. The van der Waals surface area contributed by atoms with Crippen LogP contribution in [0.2, 0.25) is 0 Å². The number of amides is 1. The second kappa shape index (κ2) is 6.34. The molecular weight excluding hydrogens is 322 g/mol. The molecule has 0 saturated carbocycles. The Bertz CT molecular complexity index is 925. The predicted molar refractivity (Wildman–Crippen MR) is 91.1 cm³/mol. The van der Waals surface area contributed by atoms with Crippen molar-refractivity contribution in [2.45, 2.75) is 20.8 Å². The van der Waals surface area contributed by atoms with Crippen LogP contribution in [0.1, 0.15) is 27.3 Å². The molecule has 9 heteroatoms. The van der Waals surface area contributed by atoms with Crippen molar-refractivity contribution >= 4 is 11.6 Å². The molecule has 0 aliphatic rings. The maximum atomic E-state index is 12.3. The van der Waals surface area contributed by atoms with Gasteiger partial charge in [-0.15, -0.1) is 5.10 Å². The molecule has 0 spiro atoms. The lowest BCUT2D eigenvalue weighted by Gasteiger charge is -2.06. The molecule has 1 N–H and O–H groups in total. The fourth-order valence-electron chi connectivity index (χ4n) is 2.38. The number of anilines is 1. The summed E-state index contributed by atoms with van der Waals surface area (Å²) in [5, 5.41) is 11.2. The van der Waals surface area contributed by atoms with Crippen LogP contribution < -0.4 is 10.1 Å². The first kappa shape index (κ1) is 16.6. The highest BCUT2D eigenvalue weighted by molar-refractivity contribution is 6.05. The van der Waals surface area contributed by atoms with Crippen LogP contribution in [0.3, 0.4) is 0 Å². The highest BCUT2D eigenvalue weighted by Crippen LogP contribution is 2.18. The molecule has 0 fully saturated rings. The van der Waals surface area contributed by atoms with Crippen LogP contribution in [0.4, 0.5) is 5.69 Å². The summed E-state index contributed by atoms with van der Waals surface area (Å²) >= 11 is 0. The van der Waals surface area contributed by atoms with Crippen LogP contribution in [0.5, 0.6) is 5.88 Å². The fourth-order valence-corrected chi connectivity index (χ4v) is 2.38. The molecular formula is C16H19N7O2. The SMILES string of the molecule is COc1nn(C)cc1C(=O)Nc1cnc(-n2nc(C)c(C)c2C)nc1. The topological polar surface area (TPSA) is 99.8 Å². The molecule has 0 radical (unpaired) electrons. The number of hydrogen-bond donors (Lipinski definition) is 1. The maximum Gasteiger partial charge on any atom is 0.262 e. The number of hydrogen-bond acceptors (Lipinski definition) is 6. The van der Waals surface area contributed by atoms with E-state index in [2.05, 4.69) is 25.5 Å². The van der Waals surface area contributed by atoms with Crippen molar-refractivity contribution in [1.82, 2.24) is 29.5 Å². The Morgan fingerprint density at radius 3 is 2.40 bits per heavy atom. The van der Waals surface area contributed by atoms with Crippen LogP contribution in [0, 0.1) is 20.8 Å². The molecule has 0 unspecified atom stereocenters. The summed E-state index contributed by atoms with van der Waals surface area (Å²) in [5.41, 5.74) is 3.82. The lowest BCUT2D eigenvalue weighted by Crippen LogP contribution is -2.13. The van der Waals surface area contributed by atoms with E-state index in [1.807, 2.05) is 20.8 Å². The third kappa shape index (κ3) is 3.08. The number of nitrogens with one attached hydrogen (secondary N) is 1. The Morgan fingerprint density at radius 2 is 1.84 bits per heavy atom. The molecule has 9 nitrogen and oxygen atoms in total. The molecule has 0 atom stereocenters. The number of ether oxygens (including phenoxy) is 1. The van der Waals surface area contributed by atoms with Crippen molar-refractivity contribution < 1.29 is 9.53 Å². The summed E-state index contributed by atoms with van der Waals surface area (Å²) in [6.07, 6.45) is 4.66. The van der Waals surface area contributed by atoms with Crippen molar-refractivity contribution in [1.29, 1.82) is 0 Å². The summed E-state index contributed by atoms with van der Waals surface area (Å²) in [6.45, 7) is 5.90. The van der Waals surface area contributed by atoms with Gasteiger partial charge in [0.25, 0.3) is 11.9 Å². The highest BCUT2D eigenvalue weighted by atomic mass is 16.5. The van der Waals surface area contributed by atoms with E-state index in [1.165, 1.54) is 24.2 Å². The first-order valence-corrected chi connectivity index (χ1v) is 7.65.